The molecule has 1 heterocycles. The number of allylic oxidation sites excluding steroid dienone is 1. The van der Waals surface area contributed by atoms with E-state index in [-0.39, 0.29) is 50.8 Å². The average molecular weight is 643 g/mol. The third-order valence-corrected chi connectivity index (χ3v) is 6.59. The summed E-state index contributed by atoms with van der Waals surface area (Å²) in [6, 6.07) is 13.6. The fraction of sp³-hybridized carbons (Fsp3) is 0.364. The fourth-order valence-corrected chi connectivity index (χ4v) is 4.52. The Hall–Kier alpha value is -4.53. The lowest BCUT2D eigenvalue weighted by Crippen LogP contribution is -2.36. The molecule has 46 heavy (non-hydrogen) atoms. The van der Waals surface area contributed by atoms with Crippen LogP contribution < -0.4 is 33.2 Å². The van der Waals surface area contributed by atoms with Crippen molar-refractivity contribution in [1.29, 1.82) is 0 Å². The largest absolute Gasteiger partial charge is 0.493 e. The van der Waals surface area contributed by atoms with Gasteiger partial charge in [-0.3, -0.25) is 4.79 Å². The first-order valence-electron chi connectivity index (χ1n) is 14.1. The predicted octanol–water partition coefficient (Wildman–Crippen LogP) is 4.40. The van der Waals surface area contributed by atoms with Gasteiger partial charge in [-0.15, -0.1) is 0 Å². The van der Waals surface area contributed by atoms with Crippen molar-refractivity contribution >= 4 is 11.9 Å². The van der Waals surface area contributed by atoms with E-state index in [2.05, 4.69) is 0 Å². The zero-order valence-electron chi connectivity index (χ0n) is 26.3. The SMILES string of the molecule is COCOc1cc(OCOC)c(C(=O)/C=C/c2ccc3c(c2)O[C@H](c2ccc(OCOC)c(OC)c2)[C@@H](CO)O3)c(OCOC)c1. The average Bonchev–Trinajstić information content (AvgIpc) is 3.09. The highest BCUT2D eigenvalue weighted by atomic mass is 16.7. The second kappa shape index (κ2) is 17.2. The second-order valence-corrected chi connectivity index (χ2v) is 9.69. The zero-order valence-corrected chi connectivity index (χ0v) is 26.3. The predicted molar refractivity (Wildman–Crippen MR) is 164 cm³/mol. The Morgan fingerprint density at radius 2 is 1.35 bits per heavy atom. The van der Waals surface area contributed by atoms with Gasteiger partial charge in [0.05, 0.1) is 13.7 Å². The summed E-state index contributed by atoms with van der Waals surface area (Å²) in [5.74, 6) is 2.15. The number of rotatable bonds is 18. The summed E-state index contributed by atoms with van der Waals surface area (Å²) in [5, 5.41) is 10.1. The first-order chi connectivity index (χ1) is 22.5. The summed E-state index contributed by atoms with van der Waals surface area (Å²) in [6.07, 6.45) is 1.66. The Kier molecular flexibility index (Phi) is 12.9. The van der Waals surface area contributed by atoms with Crippen LogP contribution in [0.3, 0.4) is 0 Å². The van der Waals surface area contributed by atoms with Crippen LogP contribution in [0.15, 0.2) is 54.6 Å². The standard InChI is InChI=1S/C33H38O13/c1-36-17-41-23-14-29(43-19-38-3)32(30(15-23)44-20-39-4)24(35)9-6-21-7-10-26-28(12-21)46-33(31(16-34)45-26)22-8-11-25(42-18-37-2)27(13-22)40-5/h6-15,31,33-34H,16-20H2,1-5H3/b9-6+/t31-,33-/m1/s1. The molecule has 13 heteroatoms. The first kappa shape index (κ1) is 34.3. The van der Waals surface area contributed by atoms with E-state index in [0.29, 0.717) is 39.9 Å². The third kappa shape index (κ3) is 8.59. The maximum absolute atomic E-state index is 13.6. The summed E-state index contributed by atoms with van der Waals surface area (Å²) in [7, 11) is 7.47. The molecule has 0 spiro atoms. The summed E-state index contributed by atoms with van der Waals surface area (Å²) in [6.45, 7) is -0.489. The molecule has 0 aromatic heterocycles. The molecule has 0 bridgehead atoms. The molecule has 1 aliphatic heterocycles. The molecule has 0 fully saturated rings. The van der Waals surface area contributed by atoms with Crippen molar-refractivity contribution in [3.05, 3.63) is 71.3 Å². The van der Waals surface area contributed by atoms with Gasteiger partial charge in [0, 0.05) is 46.1 Å². The first-order valence-corrected chi connectivity index (χ1v) is 14.1. The fourth-order valence-electron chi connectivity index (χ4n) is 4.52. The number of ether oxygens (including phenoxy) is 11. The minimum atomic E-state index is -0.683. The summed E-state index contributed by atoms with van der Waals surface area (Å²) in [4.78, 5) is 13.6. The molecule has 2 atom stereocenters. The van der Waals surface area contributed by atoms with Crippen LogP contribution in [0, 0.1) is 0 Å². The lowest BCUT2D eigenvalue weighted by atomic mass is 10.0. The van der Waals surface area contributed by atoms with Crippen LogP contribution in [0.4, 0.5) is 0 Å². The van der Waals surface area contributed by atoms with E-state index in [0.717, 1.165) is 0 Å². The van der Waals surface area contributed by atoms with Gasteiger partial charge in [-0.2, -0.15) is 0 Å². The molecule has 1 aliphatic rings. The normalized spacial score (nSPS) is 15.4. The highest BCUT2D eigenvalue weighted by Crippen LogP contribution is 2.42. The van der Waals surface area contributed by atoms with Crippen LogP contribution in [-0.4, -0.2) is 86.3 Å². The van der Waals surface area contributed by atoms with Crippen LogP contribution in [0.2, 0.25) is 0 Å². The third-order valence-electron chi connectivity index (χ3n) is 6.59. The number of ketones is 1. The molecule has 1 N–H and O–H groups in total. The topological polar surface area (TPSA) is 139 Å². The van der Waals surface area contributed by atoms with E-state index >= 15 is 0 Å². The van der Waals surface area contributed by atoms with Gasteiger partial charge in [-0.05, 0) is 35.9 Å². The molecule has 0 amide bonds. The minimum Gasteiger partial charge on any atom is -0.493 e. The molecule has 13 nitrogen and oxygen atoms in total. The number of fused-ring (bicyclic) bond motifs is 1. The Morgan fingerprint density at radius 3 is 1.96 bits per heavy atom. The molecular formula is C33H38O13. The maximum atomic E-state index is 13.6. The van der Waals surface area contributed by atoms with Gasteiger partial charge in [-0.25, -0.2) is 0 Å². The van der Waals surface area contributed by atoms with E-state index in [1.807, 2.05) is 0 Å². The lowest BCUT2D eigenvalue weighted by molar-refractivity contribution is -0.0124. The van der Waals surface area contributed by atoms with Gasteiger partial charge in [0.1, 0.15) is 22.8 Å². The Balaban J connectivity index is 1.61. The van der Waals surface area contributed by atoms with Gasteiger partial charge in [-0.1, -0.05) is 18.2 Å². The van der Waals surface area contributed by atoms with E-state index in [1.165, 1.54) is 41.6 Å². The van der Waals surface area contributed by atoms with Crippen molar-refractivity contribution in [2.75, 3.05) is 69.3 Å². The van der Waals surface area contributed by atoms with Crippen molar-refractivity contribution in [2.24, 2.45) is 0 Å². The number of hydrogen-bond donors (Lipinski definition) is 1. The number of benzene rings is 3. The van der Waals surface area contributed by atoms with Crippen LogP contribution in [0.25, 0.3) is 6.08 Å². The van der Waals surface area contributed by atoms with Crippen LogP contribution >= 0.6 is 0 Å². The summed E-state index contributed by atoms with van der Waals surface area (Å²) < 4.78 is 60.5. The zero-order chi connectivity index (χ0) is 32.9. The van der Waals surface area contributed by atoms with Crippen molar-refractivity contribution < 1.29 is 62.0 Å². The van der Waals surface area contributed by atoms with Crippen LogP contribution in [0.5, 0.6) is 40.2 Å². The number of aliphatic hydroxyl groups is 1. The minimum absolute atomic E-state index is 0.0215. The summed E-state index contributed by atoms with van der Waals surface area (Å²) >= 11 is 0. The molecule has 0 saturated carbocycles. The molecular weight excluding hydrogens is 604 g/mol. The monoisotopic (exact) mass is 642 g/mol. The van der Waals surface area contributed by atoms with Gasteiger partial charge >= 0.3 is 0 Å². The maximum Gasteiger partial charge on any atom is 0.193 e. The van der Waals surface area contributed by atoms with Crippen LogP contribution in [0.1, 0.15) is 27.6 Å². The quantitative estimate of drug-likeness (QED) is 0.119. The highest BCUT2D eigenvalue weighted by molar-refractivity contribution is 6.10. The van der Waals surface area contributed by atoms with Gasteiger partial charge < -0.3 is 57.2 Å². The van der Waals surface area contributed by atoms with E-state index in [4.69, 9.17) is 52.1 Å². The Morgan fingerprint density at radius 1 is 0.717 bits per heavy atom. The molecule has 0 unspecified atom stereocenters. The molecule has 248 valence electrons. The van der Waals surface area contributed by atoms with E-state index in [9.17, 15) is 9.90 Å². The van der Waals surface area contributed by atoms with Gasteiger partial charge in [0.2, 0.25) is 0 Å². The molecule has 4 rings (SSSR count). The summed E-state index contributed by atoms with van der Waals surface area (Å²) in [5.41, 5.74) is 1.49. The van der Waals surface area contributed by atoms with Crippen molar-refractivity contribution in [3.63, 3.8) is 0 Å². The Labute approximate surface area is 267 Å². The molecule has 0 aliphatic carbocycles. The smallest absolute Gasteiger partial charge is 0.193 e. The van der Waals surface area contributed by atoms with E-state index in [1.54, 1.807) is 54.6 Å². The van der Waals surface area contributed by atoms with Gasteiger partial charge in [0.25, 0.3) is 0 Å². The molecule has 0 saturated heterocycles. The molecule has 3 aromatic carbocycles. The van der Waals surface area contributed by atoms with Crippen molar-refractivity contribution in [3.8, 4) is 40.2 Å². The van der Waals surface area contributed by atoms with Crippen molar-refractivity contribution in [1.82, 2.24) is 0 Å². The number of aliphatic hydroxyl groups excluding tert-OH is 1. The van der Waals surface area contributed by atoms with Crippen LogP contribution in [-0.2, 0) is 18.9 Å². The number of carbonyl (C=O) groups is 1. The van der Waals surface area contributed by atoms with E-state index < -0.39 is 18.0 Å². The second-order valence-electron chi connectivity index (χ2n) is 9.69. The van der Waals surface area contributed by atoms with Crippen molar-refractivity contribution in [2.45, 2.75) is 12.2 Å². The number of hydrogen-bond acceptors (Lipinski definition) is 13. The number of methoxy groups -OCH3 is 5. The lowest BCUT2D eigenvalue weighted by Gasteiger charge is -2.33. The number of carbonyl (C=O) groups excluding carboxylic acids is 1. The highest BCUT2D eigenvalue weighted by Gasteiger charge is 2.33. The molecule has 0 radical (unpaired) electrons. The molecule has 3 aromatic rings. The van der Waals surface area contributed by atoms with Gasteiger partial charge in [0.15, 0.2) is 68.2 Å². The Bertz CT molecular complexity index is 1440.